The fourth-order valence-electron chi connectivity index (χ4n) is 4.27. The second-order valence-electron chi connectivity index (χ2n) is 8.89. The second kappa shape index (κ2) is 9.57. The van der Waals surface area contributed by atoms with E-state index in [1.54, 1.807) is 48.5 Å². The number of rotatable bonds is 7. The number of aromatic carboxylic acids is 1. The van der Waals surface area contributed by atoms with Crippen LogP contribution >= 0.6 is 0 Å². The number of hydrogen-bond acceptors (Lipinski definition) is 4. The number of amides is 1. The first kappa shape index (κ1) is 25.7. The molecule has 1 amide bonds. The lowest BCUT2D eigenvalue weighted by atomic mass is 9.99. The summed E-state index contributed by atoms with van der Waals surface area (Å²) in [5.74, 6) is -5.10. The molecule has 4 aromatic rings. The molecule has 37 heavy (non-hydrogen) atoms. The quantitative estimate of drug-likeness (QED) is 0.343. The van der Waals surface area contributed by atoms with Crippen molar-refractivity contribution >= 4 is 39.5 Å². The normalized spacial score (nSPS) is 12.7. The number of nitrogens with zero attached hydrogens (tertiary/aromatic N) is 1. The molecule has 0 saturated carbocycles. The summed E-state index contributed by atoms with van der Waals surface area (Å²) in [7, 11) is 0. The first-order valence-corrected chi connectivity index (χ1v) is 11.3. The van der Waals surface area contributed by atoms with Crippen LogP contribution in [0.3, 0.4) is 0 Å². The van der Waals surface area contributed by atoms with Gasteiger partial charge >= 0.3 is 12.1 Å². The molecule has 0 aliphatic carbocycles. The molecular formula is C26H22F3N3O5. The van der Waals surface area contributed by atoms with Crippen molar-refractivity contribution in [2.24, 2.45) is 5.92 Å². The van der Waals surface area contributed by atoms with Crippen molar-refractivity contribution in [2.45, 2.75) is 32.6 Å². The molecule has 0 aliphatic heterocycles. The summed E-state index contributed by atoms with van der Waals surface area (Å²) >= 11 is 0. The van der Waals surface area contributed by atoms with Gasteiger partial charge in [0.05, 0.1) is 22.8 Å². The van der Waals surface area contributed by atoms with Crippen molar-refractivity contribution in [2.75, 3.05) is 0 Å². The van der Waals surface area contributed by atoms with Gasteiger partial charge in [0.25, 0.3) is 11.3 Å². The number of carboxylic acids is 1. The van der Waals surface area contributed by atoms with E-state index in [1.807, 2.05) is 0 Å². The smallest absolute Gasteiger partial charge is 0.452 e. The molecule has 0 radical (unpaired) electrons. The lowest BCUT2D eigenvalue weighted by Crippen LogP contribution is -2.50. The van der Waals surface area contributed by atoms with Gasteiger partial charge in [0.1, 0.15) is 12.1 Å². The lowest BCUT2D eigenvalue weighted by molar-refractivity contribution is -0.174. The average Bonchev–Trinajstić information content (AvgIpc) is 3.22. The van der Waals surface area contributed by atoms with Crippen molar-refractivity contribution in [3.05, 3.63) is 70.5 Å². The molecule has 4 rings (SSSR count). The van der Waals surface area contributed by atoms with Gasteiger partial charge in [0.2, 0.25) is 5.91 Å². The zero-order chi connectivity index (χ0) is 27.1. The lowest BCUT2D eigenvalue weighted by Gasteiger charge is -2.23. The van der Waals surface area contributed by atoms with Crippen LogP contribution in [0, 0.1) is 5.92 Å². The number of carbonyl (C=O) groups excluding carboxylic acids is 2. The Hall–Kier alpha value is -4.41. The molecule has 1 unspecified atom stereocenters. The number of aromatic amines is 1. The summed E-state index contributed by atoms with van der Waals surface area (Å²) in [5, 5.41) is 12.6. The third kappa shape index (κ3) is 4.84. The molecule has 2 aromatic heterocycles. The van der Waals surface area contributed by atoms with Gasteiger partial charge in [-0.25, -0.2) is 4.79 Å². The van der Waals surface area contributed by atoms with Crippen LogP contribution in [0.15, 0.2) is 59.4 Å². The SMILES string of the molecule is CC(C)C(NC(=O)Cn1c(-c2ccccc2)cc2c([nH]c3c(C(=O)O)cccc32)c1=O)C(=O)C(F)(F)F. The topological polar surface area (TPSA) is 121 Å². The molecular weight excluding hydrogens is 491 g/mol. The minimum atomic E-state index is -5.14. The van der Waals surface area contributed by atoms with E-state index in [9.17, 15) is 37.5 Å². The maximum atomic E-state index is 13.6. The molecule has 2 aromatic carbocycles. The molecule has 0 spiro atoms. The molecule has 3 N–H and O–H groups in total. The number of hydrogen-bond donors (Lipinski definition) is 3. The number of pyridine rings is 1. The number of Topliss-reactive ketones (excluding diaryl/α,β-unsaturated/α-hetero) is 1. The van der Waals surface area contributed by atoms with Crippen molar-refractivity contribution < 1.29 is 32.7 Å². The zero-order valence-electron chi connectivity index (χ0n) is 19.7. The van der Waals surface area contributed by atoms with E-state index in [1.165, 1.54) is 19.9 Å². The first-order valence-electron chi connectivity index (χ1n) is 11.3. The van der Waals surface area contributed by atoms with Gasteiger partial charge in [-0.3, -0.25) is 19.0 Å². The minimum absolute atomic E-state index is 0.0305. The highest BCUT2D eigenvalue weighted by atomic mass is 19.4. The number of carbonyl (C=O) groups is 3. The fourth-order valence-corrected chi connectivity index (χ4v) is 4.27. The minimum Gasteiger partial charge on any atom is -0.478 e. The van der Waals surface area contributed by atoms with Gasteiger partial charge in [-0.1, -0.05) is 56.3 Å². The van der Waals surface area contributed by atoms with Gasteiger partial charge in [-0.05, 0) is 23.6 Å². The predicted molar refractivity (Wildman–Crippen MR) is 130 cm³/mol. The number of aromatic nitrogens is 2. The highest BCUT2D eigenvalue weighted by Crippen LogP contribution is 2.30. The van der Waals surface area contributed by atoms with Gasteiger partial charge in [0.15, 0.2) is 0 Å². The molecule has 192 valence electrons. The Morgan fingerprint density at radius 3 is 2.27 bits per heavy atom. The van der Waals surface area contributed by atoms with Crippen LogP contribution in [-0.4, -0.2) is 44.5 Å². The molecule has 0 fully saturated rings. The van der Waals surface area contributed by atoms with E-state index in [2.05, 4.69) is 10.3 Å². The summed E-state index contributed by atoms with van der Waals surface area (Å²) in [6.07, 6.45) is -5.14. The highest BCUT2D eigenvalue weighted by molar-refractivity contribution is 6.14. The van der Waals surface area contributed by atoms with Crippen LogP contribution in [0.1, 0.15) is 24.2 Å². The second-order valence-corrected chi connectivity index (χ2v) is 8.89. The van der Waals surface area contributed by atoms with Crippen LogP contribution in [0.2, 0.25) is 0 Å². The Morgan fingerprint density at radius 2 is 1.68 bits per heavy atom. The molecule has 2 heterocycles. The molecule has 1 atom stereocenters. The standard InChI is InChI=1S/C26H22F3N3O5/c1-13(2)20(23(34)26(27,28)29)30-19(33)12-32-18(14-7-4-3-5-8-14)11-17-15-9-6-10-16(25(36)37)21(15)31-22(17)24(32)35/h3-11,13,20,31H,12H2,1-2H3,(H,30,33)(H,36,37). The number of fused-ring (bicyclic) bond motifs is 3. The average molecular weight is 513 g/mol. The van der Waals surface area contributed by atoms with E-state index in [0.717, 1.165) is 4.57 Å². The van der Waals surface area contributed by atoms with Crippen LogP contribution in [0.25, 0.3) is 33.1 Å². The molecule has 0 aliphatic rings. The molecule has 0 bridgehead atoms. The van der Waals surface area contributed by atoms with Gasteiger partial charge in [0, 0.05) is 10.8 Å². The third-order valence-corrected chi connectivity index (χ3v) is 6.05. The monoisotopic (exact) mass is 513 g/mol. The maximum Gasteiger partial charge on any atom is 0.452 e. The van der Waals surface area contributed by atoms with E-state index >= 15 is 0 Å². The number of halogens is 3. The van der Waals surface area contributed by atoms with Gasteiger partial charge < -0.3 is 15.4 Å². The molecule has 11 heteroatoms. The molecule has 8 nitrogen and oxygen atoms in total. The van der Waals surface area contributed by atoms with Crippen molar-refractivity contribution in [3.8, 4) is 11.3 Å². The van der Waals surface area contributed by atoms with Crippen LogP contribution in [0.4, 0.5) is 13.2 Å². The van der Waals surface area contributed by atoms with E-state index < -0.39 is 47.9 Å². The Balaban J connectivity index is 1.86. The summed E-state index contributed by atoms with van der Waals surface area (Å²) in [6.45, 7) is 2.06. The predicted octanol–water partition coefficient (Wildman–Crippen LogP) is 4.12. The maximum absolute atomic E-state index is 13.6. The Labute approximate surface area is 207 Å². The number of carboxylic acid groups (broad SMARTS) is 1. The Morgan fingerprint density at radius 1 is 1.00 bits per heavy atom. The highest BCUT2D eigenvalue weighted by Gasteiger charge is 2.45. The summed E-state index contributed by atoms with van der Waals surface area (Å²) < 4.78 is 40.2. The number of alkyl halides is 3. The van der Waals surface area contributed by atoms with Gasteiger partial charge in [-0.2, -0.15) is 13.2 Å². The van der Waals surface area contributed by atoms with Crippen molar-refractivity contribution in [1.82, 2.24) is 14.9 Å². The van der Waals surface area contributed by atoms with E-state index in [-0.39, 0.29) is 22.3 Å². The third-order valence-electron chi connectivity index (χ3n) is 6.05. The largest absolute Gasteiger partial charge is 0.478 e. The van der Waals surface area contributed by atoms with Crippen molar-refractivity contribution in [3.63, 3.8) is 0 Å². The van der Waals surface area contributed by atoms with E-state index in [4.69, 9.17) is 0 Å². The number of ketones is 1. The van der Waals surface area contributed by atoms with Crippen LogP contribution in [0.5, 0.6) is 0 Å². The summed E-state index contributed by atoms with van der Waals surface area (Å²) in [4.78, 5) is 52.8. The van der Waals surface area contributed by atoms with Gasteiger partial charge in [-0.15, -0.1) is 0 Å². The fraction of sp³-hybridized carbons (Fsp3) is 0.231. The number of H-pyrrole nitrogens is 1. The van der Waals surface area contributed by atoms with Crippen LogP contribution in [-0.2, 0) is 16.1 Å². The zero-order valence-corrected chi connectivity index (χ0v) is 19.7. The Kier molecular flexibility index (Phi) is 6.64. The van der Waals surface area contributed by atoms with Crippen molar-refractivity contribution in [1.29, 1.82) is 0 Å². The summed E-state index contributed by atoms with van der Waals surface area (Å²) in [5.41, 5.74) is 0.358. The summed E-state index contributed by atoms with van der Waals surface area (Å²) in [6, 6.07) is 12.9. The number of nitrogens with one attached hydrogen (secondary N) is 2. The van der Waals surface area contributed by atoms with Crippen LogP contribution < -0.4 is 10.9 Å². The number of para-hydroxylation sites is 1. The Bertz CT molecular complexity index is 1590. The molecule has 0 saturated heterocycles. The number of benzene rings is 2. The van der Waals surface area contributed by atoms with E-state index in [0.29, 0.717) is 16.3 Å². The first-order chi connectivity index (χ1) is 17.4.